The highest BCUT2D eigenvalue weighted by molar-refractivity contribution is 6.30. The minimum Gasteiger partial charge on any atom is -0.480 e. The highest BCUT2D eigenvalue weighted by atomic mass is 35.5. The first-order valence-electron chi connectivity index (χ1n) is 6.47. The van der Waals surface area contributed by atoms with Gasteiger partial charge >= 0.3 is 5.97 Å². The zero-order valence-corrected chi connectivity index (χ0v) is 12.2. The van der Waals surface area contributed by atoms with E-state index in [0.29, 0.717) is 10.7 Å². The van der Waals surface area contributed by atoms with E-state index in [2.05, 4.69) is 0 Å². The summed E-state index contributed by atoms with van der Waals surface area (Å²) in [6.45, 7) is 1.70. The van der Waals surface area contributed by atoms with Gasteiger partial charge in [-0.25, -0.2) is 4.39 Å². The number of halogens is 2. The van der Waals surface area contributed by atoms with Crippen LogP contribution in [0, 0.1) is 5.82 Å². The van der Waals surface area contributed by atoms with Crippen molar-refractivity contribution < 1.29 is 14.3 Å². The minimum atomic E-state index is -0.941. The van der Waals surface area contributed by atoms with Crippen LogP contribution in [0.2, 0.25) is 5.02 Å². The lowest BCUT2D eigenvalue weighted by Crippen LogP contribution is -2.32. The Morgan fingerprint density at radius 2 is 1.95 bits per heavy atom. The van der Waals surface area contributed by atoms with Crippen LogP contribution in [-0.2, 0) is 4.79 Å². The fraction of sp³-hybridized carbons (Fsp3) is 0.188. The van der Waals surface area contributed by atoms with E-state index in [1.54, 1.807) is 41.3 Å². The molecule has 21 heavy (non-hydrogen) atoms. The number of nitrogens with zero attached hydrogens (tertiary/aromatic N) is 1. The maximum Gasteiger partial charge on any atom is 0.323 e. The Morgan fingerprint density at radius 1 is 1.29 bits per heavy atom. The molecule has 2 aromatic carbocycles. The molecule has 0 aromatic heterocycles. The fourth-order valence-corrected chi connectivity index (χ4v) is 2.36. The van der Waals surface area contributed by atoms with Gasteiger partial charge in [-0.15, -0.1) is 0 Å². The number of hydrogen-bond donors (Lipinski definition) is 1. The van der Waals surface area contributed by atoms with E-state index in [-0.39, 0.29) is 18.4 Å². The van der Waals surface area contributed by atoms with Crippen LogP contribution in [0.3, 0.4) is 0 Å². The summed E-state index contributed by atoms with van der Waals surface area (Å²) in [6.07, 6.45) is 0. The first-order valence-corrected chi connectivity index (χ1v) is 6.84. The molecule has 1 N–H and O–H groups in total. The summed E-state index contributed by atoms with van der Waals surface area (Å²) < 4.78 is 13.0. The number of carboxylic acid groups (broad SMARTS) is 1. The van der Waals surface area contributed by atoms with Crippen LogP contribution < -0.4 is 4.90 Å². The van der Waals surface area contributed by atoms with E-state index in [4.69, 9.17) is 16.7 Å². The van der Waals surface area contributed by atoms with E-state index in [1.807, 2.05) is 6.92 Å². The number of aliphatic carboxylic acids is 1. The van der Waals surface area contributed by atoms with Gasteiger partial charge in [0.05, 0.1) is 6.04 Å². The molecule has 2 aromatic rings. The van der Waals surface area contributed by atoms with Gasteiger partial charge in [0, 0.05) is 10.7 Å². The molecule has 0 saturated heterocycles. The van der Waals surface area contributed by atoms with Crippen molar-refractivity contribution in [1.82, 2.24) is 0 Å². The Hall–Kier alpha value is -2.07. The summed E-state index contributed by atoms with van der Waals surface area (Å²) in [6, 6.07) is 12.8. The van der Waals surface area contributed by atoms with E-state index in [1.165, 1.54) is 12.1 Å². The first-order chi connectivity index (χ1) is 9.97. The fourth-order valence-electron chi connectivity index (χ4n) is 2.17. The summed E-state index contributed by atoms with van der Waals surface area (Å²) in [5.41, 5.74) is 1.54. The zero-order chi connectivity index (χ0) is 15.4. The van der Waals surface area contributed by atoms with Crippen LogP contribution in [-0.4, -0.2) is 17.6 Å². The number of anilines is 1. The van der Waals surface area contributed by atoms with Crippen molar-refractivity contribution >= 4 is 23.3 Å². The Kier molecular flexibility index (Phi) is 4.81. The third-order valence-electron chi connectivity index (χ3n) is 3.27. The topological polar surface area (TPSA) is 40.5 Å². The smallest absolute Gasteiger partial charge is 0.323 e. The normalized spacial score (nSPS) is 12.0. The maximum absolute atomic E-state index is 13.0. The second-order valence-corrected chi connectivity index (χ2v) is 5.17. The average Bonchev–Trinajstić information content (AvgIpc) is 2.44. The number of carboxylic acids is 1. The molecule has 0 fully saturated rings. The SMILES string of the molecule is CC(c1ccc(F)cc1)N(CC(=O)O)c1cccc(Cl)c1. The largest absolute Gasteiger partial charge is 0.480 e. The highest BCUT2D eigenvalue weighted by Gasteiger charge is 2.19. The molecule has 0 radical (unpaired) electrons. The molecular formula is C16H15ClFNO2. The van der Waals surface area contributed by atoms with Gasteiger partial charge in [0.1, 0.15) is 12.4 Å². The summed E-state index contributed by atoms with van der Waals surface area (Å²) in [5, 5.41) is 9.66. The summed E-state index contributed by atoms with van der Waals surface area (Å²) in [7, 11) is 0. The molecule has 0 aliphatic carbocycles. The Morgan fingerprint density at radius 3 is 2.52 bits per heavy atom. The highest BCUT2D eigenvalue weighted by Crippen LogP contribution is 2.28. The molecule has 0 amide bonds. The van der Waals surface area contributed by atoms with E-state index < -0.39 is 5.97 Å². The standard InChI is InChI=1S/C16H15ClFNO2/c1-11(12-5-7-14(18)8-6-12)19(10-16(20)21)15-4-2-3-13(17)9-15/h2-9,11H,10H2,1H3,(H,20,21). The van der Waals surface area contributed by atoms with E-state index in [9.17, 15) is 9.18 Å². The van der Waals surface area contributed by atoms with Gasteiger partial charge < -0.3 is 10.0 Å². The monoisotopic (exact) mass is 307 g/mol. The van der Waals surface area contributed by atoms with Crippen molar-refractivity contribution in [2.75, 3.05) is 11.4 Å². The van der Waals surface area contributed by atoms with Crippen LogP contribution in [0.5, 0.6) is 0 Å². The van der Waals surface area contributed by atoms with Crippen LogP contribution in [0.25, 0.3) is 0 Å². The summed E-state index contributed by atoms with van der Waals surface area (Å²) in [5.74, 6) is -1.26. The average molecular weight is 308 g/mol. The van der Waals surface area contributed by atoms with Crippen molar-refractivity contribution in [3.63, 3.8) is 0 Å². The number of hydrogen-bond acceptors (Lipinski definition) is 2. The van der Waals surface area contributed by atoms with Gasteiger partial charge in [-0.3, -0.25) is 4.79 Å². The zero-order valence-electron chi connectivity index (χ0n) is 11.5. The van der Waals surface area contributed by atoms with Crippen molar-refractivity contribution in [2.45, 2.75) is 13.0 Å². The molecule has 0 aliphatic heterocycles. The number of rotatable bonds is 5. The molecule has 1 unspecified atom stereocenters. The maximum atomic E-state index is 13.0. The second kappa shape index (κ2) is 6.59. The van der Waals surface area contributed by atoms with Crippen LogP contribution in [0.1, 0.15) is 18.5 Å². The molecule has 5 heteroatoms. The third kappa shape index (κ3) is 3.95. The molecule has 0 aliphatic rings. The van der Waals surface area contributed by atoms with Gasteiger partial charge in [-0.2, -0.15) is 0 Å². The Balaban J connectivity index is 2.35. The van der Waals surface area contributed by atoms with Crippen molar-refractivity contribution in [3.8, 4) is 0 Å². The molecule has 0 spiro atoms. The molecule has 1 atom stereocenters. The molecule has 0 bridgehead atoms. The second-order valence-electron chi connectivity index (χ2n) is 4.73. The lowest BCUT2D eigenvalue weighted by Gasteiger charge is -2.30. The molecule has 110 valence electrons. The molecule has 0 heterocycles. The van der Waals surface area contributed by atoms with Crippen LogP contribution in [0.15, 0.2) is 48.5 Å². The predicted molar refractivity (Wildman–Crippen MR) is 81.2 cm³/mol. The van der Waals surface area contributed by atoms with Gasteiger partial charge in [-0.05, 0) is 42.8 Å². The summed E-state index contributed by atoms with van der Waals surface area (Å²) >= 11 is 5.97. The van der Waals surface area contributed by atoms with E-state index in [0.717, 1.165) is 5.56 Å². The molecule has 2 rings (SSSR count). The lowest BCUT2D eigenvalue weighted by molar-refractivity contribution is -0.135. The number of carbonyl (C=O) groups is 1. The van der Waals surface area contributed by atoms with Crippen molar-refractivity contribution in [3.05, 3.63) is 64.9 Å². The first kappa shape index (κ1) is 15.3. The number of benzene rings is 2. The van der Waals surface area contributed by atoms with Crippen LogP contribution >= 0.6 is 11.6 Å². The van der Waals surface area contributed by atoms with Crippen molar-refractivity contribution in [2.24, 2.45) is 0 Å². The quantitative estimate of drug-likeness (QED) is 0.903. The molecular weight excluding hydrogens is 293 g/mol. The van der Waals surface area contributed by atoms with Gasteiger partial charge in [0.2, 0.25) is 0 Å². The van der Waals surface area contributed by atoms with Gasteiger partial charge in [0.15, 0.2) is 0 Å². The molecule has 0 saturated carbocycles. The van der Waals surface area contributed by atoms with Gasteiger partial charge in [-0.1, -0.05) is 29.8 Å². The Labute approximate surface area is 127 Å². The predicted octanol–water partition coefficient (Wildman–Crippen LogP) is 4.13. The summed E-state index contributed by atoms with van der Waals surface area (Å²) in [4.78, 5) is 12.8. The molecule has 3 nitrogen and oxygen atoms in total. The van der Waals surface area contributed by atoms with Crippen LogP contribution in [0.4, 0.5) is 10.1 Å². The van der Waals surface area contributed by atoms with E-state index >= 15 is 0 Å². The van der Waals surface area contributed by atoms with Gasteiger partial charge in [0.25, 0.3) is 0 Å². The van der Waals surface area contributed by atoms with Crippen molar-refractivity contribution in [1.29, 1.82) is 0 Å². The minimum absolute atomic E-state index is 0.168. The Bertz CT molecular complexity index is 630. The lowest BCUT2D eigenvalue weighted by atomic mass is 10.1. The third-order valence-corrected chi connectivity index (χ3v) is 3.50.